The Morgan fingerprint density at radius 2 is 1.57 bits per heavy atom. The number of aromatic nitrogens is 6. The minimum Gasteiger partial charge on any atom is -0.480 e. The predicted molar refractivity (Wildman–Crippen MR) is 192 cm³/mol. The molecular weight excluding hydrogens is 698 g/mol. The van der Waals surface area contributed by atoms with Crippen LogP contribution in [-0.4, -0.2) is 81.3 Å². The first-order chi connectivity index (χ1) is 26.1. The van der Waals surface area contributed by atoms with Crippen LogP contribution in [0.15, 0.2) is 78.9 Å². The number of hydroxylamine groups is 1. The van der Waals surface area contributed by atoms with Gasteiger partial charge in [-0.15, -0.1) is 10.2 Å². The molecule has 1 unspecified atom stereocenters. The molecule has 3 aromatic carbocycles. The third kappa shape index (κ3) is 9.56. The summed E-state index contributed by atoms with van der Waals surface area (Å²) in [5, 5.41) is 48.3. The maximum Gasteiger partial charge on any atom is 0.354 e. The molecule has 2 aromatic heterocycles. The number of aromatic amines is 1. The van der Waals surface area contributed by atoms with E-state index in [1.165, 1.54) is 5.48 Å². The normalized spacial score (nSPS) is 12.0. The van der Waals surface area contributed by atoms with Crippen LogP contribution in [0.1, 0.15) is 59.3 Å². The molecule has 0 bridgehead atoms. The van der Waals surface area contributed by atoms with Crippen molar-refractivity contribution in [3.05, 3.63) is 107 Å². The van der Waals surface area contributed by atoms with Crippen molar-refractivity contribution >= 4 is 29.7 Å². The van der Waals surface area contributed by atoms with Gasteiger partial charge in [-0.2, -0.15) is 5.21 Å². The SMILES string of the molecule is CCCCc1nc(CNC(=O)C[C@@H](NC(=O)C(Cc2ccccc2)C(=O)NO)C(=O)O)c(C(=O)O)n1Cc1ccc(-c2ccccc2-c2nn[nH]n2)cc1. The van der Waals surface area contributed by atoms with Gasteiger partial charge >= 0.3 is 11.9 Å². The summed E-state index contributed by atoms with van der Waals surface area (Å²) in [4.78, 5) is 67.6. The van der Waals surface area contributed by atoms with Gasteiger partial charge in [0.25, 0.3) is 5.91 Å². The Balaban J connectivity index is 1.30. The zero-order valence-electron chi connectivity index (χ0n) is 29.2. The lowest BCUT2D eigenvalue weighted by atomic mass is 9.97. The number of hydrogen-bond donors (Lipinski definition) is 7. The lowest BCUT2D eigenvalue weighted by Crippen LogP contribution is -2.49. The Morgan fingerprint density at radius 3 is 2.20 bits per heavy atom. The van der Waals surface area contributed by atoms with Crippen LogP contribution in [-0.2, 0) is 45.1 Å². The number of carboxylic acid groups (broad SMARTS) is 2. The molecule has 0 saturated heterocycles. The summed E-state index contributed by atoms with van der Waals surface area (Å²) >= 11 is 0. The number of aryl methyl sites for hydroxylation is 1. The second-order valence-electron chi connectivity index (χ2n) is 12.4. The zero-order valence-corrected chi connectivity index (χ0v) is 29.2. The van der Waals surface area contributed by atoms with Crippen LogP contribution < -0.4 is 16.1 Å². The van der Waals surface area contributed by atoms with Gasteiger partial charge in [0.05, 0.1) is 18.7 Å². The highest BCUT2D eigenvalue weighted by Crippen LogP contribution is 2.30. The van der Waals surface area contributed by atoms with Crippen molar-refractivity contribution in [2.24, 2.45) is 5.92 Å². The van der Waals surface area contributed by atoms with E-state index in [-0.39, 0.29) is 30.9 Å². The second-order valence-corrected chi connectivity index (χ2v) is 12.4. The van der Waals surface area contributed by atoms with E-state index in [9.17, 15) is 39.4 Å². The van der Waals surface area contributed by atoms with Crippen LogP contribution in [0.3, 0.4) is 0 Å². The Hall–Kier alpha value is -6.75. The van der Waals surface area contributed by atoms with E-state index in [1.54, 1.807) is 34.9 Å². The number of carbonyl (C=O) groups is 5. The summed E-state index contributed by atoms with van der Waals surface area (Å²) in [6.07, 6.45) is 1.16. The number of amides is 3. The van der Waals surface area contributed by atoms with Crippen LogP contribution in [0.25, 0.3) is 22.5 Å². The molecular formula is C37H39N9O8. The summed E-state index contributed by atoms with van der Waals surface area (Å²) in [7, 11) is 0. The number of carbonyl (C=O) groups excluding carboxylic acids is 3. The summed E-state index contributed by atoms with van der Waals surface area (Å²) in [5.41, 5.74) is 5.30. The van der Waals surface area contributed by atoms with Crippen LogP contribution in [0, 0.1) is 5.92 Å². The fourth-order valence-electron chi connectivity index (χ4n) is 5.93. The summed E-state index contributed by atoms with van der Waals surface area (Å²) in [6.45, 7) is 1.84. The van der Waals surface area contributed by atoms with E-state index in [2.05, 4.69) is 36.2 Å². The number of aromatic carboxylic acids is 1. The molecule has 17 nitrogen and oxygen atoms in total. The zero-order chi connectivity index (χ0) is 38.6. The Bertz CT molecular complexity index is 2080. The molecule has 2 atom stereocenters. The average Bonchev–Trinajstić information content (AvgIpc) is 3.84. The van der Waals surface area contributed by atoms with E-state index in [0.717, 1.165) is 35.1 Å². The number of rotatable bonds is 18. The van der Waals surface area contributed by atoms with E-state index in [1.807, 2.05) is 55.5 Å². The number of imidazole rings is 1. The number of tetrazole rings is 1. The van der Waals surface area contributed by atoms with Gasteiger partial charge in [-0.1, -0.05) is 92.2 Å². The lowest BCUT2D eigenvalue weighted by molar-refractivity contribution is -0.147. The molecule has 280 valence electrons. The molecule has 54 heavy (non-hydrogen) atoms. The maximum absolute atomic E-state index is 13.0. The number of nitrogens with one attached hydrogen (secondary N) is 4. The van der Waals surface area contributed by atoms with Crippen LogP contribution >= 0.6 is 0 Å². The third-order valence-corrected chi connectivity index (χ3v) is 8.68. The molecule has 0 spiro atoms. The number of unbranched alkanes of at least 4 members (excludes halogenated alkanes) is 1. The fraction of sp³-hybridized carbons (Fsp3) is 0.270. The first-order valence-electron chi connectivity index (χ1n) is 17.1. The number of benzene rings is 3. The van der Waals surface area contributed by atoms with Gasteiger partial charge in [-0.05, 0) is 40.3 Å². The topological polar surface area (TPSA) is 254 Å². The monoisotopic (exact) mass is 737 g/mol. The third-order valence-electron chi connectivity index (χ3n) is 8.68. The highest BCUT2D eigenvalue weighted by molar-refractivity contribution is 6.01. The van der Waals surface area contributed by atoms with Gasteiger partial charge in [0.1, 0.15) is 17.8 Å². The van der Waals surface area contributed by atoms with Gasteiger partial charge in [0.2, 0.25) is 17.6 Å². The molecule has 0 saturated carbocycles. The van der Waals surface area contributed by atoms with E-state index in [0.29, 0.717) is 23.6 Å². The van der Waals surface area contributed by atoms with Gasteiger partial charge in [-0.3, -0.25) is 19.6 Å². The van der Waals surface area contributed by atoms with Crippen molar-refractivity contribution in [1.29, 1.82) is 0 Å². The van der Waals surface area contributed by atoms with Gasteiger partial charge < -0.3 is 25.4 Å². The van der Waals surface area contributed by atoms with Crippen LogP contribution in [0.2, 0.25) is 0 Å². The summed E-state index contributed by atoms with van der Waals surface area (Å²) in [5.74, 6) is -6.22. The fourth-order valence-corrected chi connectivity index (χ4v) is 5.93. The molecule has 2 heterocycles. The first kappa shape index (κ1) is 38.5. The average molecular weight is 738 g/mol. The number of nitrogens with zero attached hydrogens (tertiary/aromatic N) is 5. The first-order valence-corrected chi connectivity index (χ1v) is 17.1. The standard InChI is InChI=1S/C37H39N9O8/c1-2-3-13-30-39-29(20-38-31(47)19-28(36(50)51)40-34(48)27(35(49)43-54)18-22-9-5-4-6-10-22)32(37(52)53)46(30)21-23-14-16-24(17-15-23)25-11-7-8-12-26(25)33-41-44-45-42-33/h4-12,14-17,27-28,54H,2-3,13,18-21H2,1H3,(H,38,47)(H,40,48)(H,43,49)(H,50,51)(H,52,53)(H,41,42,44,45)/t27?,28-/m1/s1. The number of carboxylic acids is 2. The van der Waals surface area contributed by atoms with Gasteiger partial charge in [0, 0.05) is 18.5 Å². The van der Waals surface area contributed by atoms with Gasteiger partial charge in [0.15, 0.2) is 5.69 Å². The summed E-state index contributed by atoms with van der Waals surface area (Å²) < 4.78 is 1.60. The van der Waals surface area contributed by atoms with E-state index in [4.69, 9.17) is 0 Å². The Kier molecular flexibility index (Phi) is 12.9. The number of aliphatic carboxylic acids is 1. The Morgan fingerprint density at radius 1 is 0.870 bits per heavy atom. The number of H-pyrrole nitrogens is 1. The molecule has 17 heteroatoms. The van der Waals surface area contributed by atoms with Crippen LogP contribution in [0.5, 0.6) is 0 Å². The largest absolute Gasteiger partial charge is 0.480 e. The Labute approximate surface area is 308 Å². The lowest BCUT2D eigenvalue weighted by Gasteiger charge is -2.19. The van der Waals surface area contributed by atoms with Crippen molar-refractivity contribution in [3.63, 3.8) is 0 Å². The molecule has 0 aliphatic carbocycles. The predicted octanol–water partition coefficient (Wildman–Crippen LogP) is 2.76. The summed E-state index contributed by atoms with van der Waals surface area (Å²) in [6, 6.07) is 21.9. The number of hydrogen-bond acceptors (Lipinski definition) is 10. The minimum atomic E-state index is -1.74. The molecule has 5 rings (SSSR count). The molecule has 0 aliphatic heterocycles. The van der Waals surface area contributed by atoms with E-state index >= 15 is 0 Å². The molecule has 7 N–H and O–H groups in total. The molecule has 5 aromatic rings. The van der Waals surface area contributed by atoms with Crippen molar-refractivity contribution in [3.8, 4) is 22.5 Å². The van der Waals surface area contributed by atoms with Crippen molar-refractivity contribution in [2.75, 3.05) is 0 Å². The smallest absolute Gasteiger partial charge is 0.354 e. The molecule has 0 aliphatic rings. The molecule has 3 amide bonds. The highest BCUT2D eigenvalue weighted by Gasteiger charge is 2.32. The maximum atomic E-state index is 13.0. The van der Waals surface area contributed by atoms with Crippen molar-refractivity contribution in [1.82, 2.24) is 46.3 Å². The van der Waals surface area contributed by atoms with Crippen molar-refractivity contribution in [2.45, 2.75) is 58.2 Å². The van der Waals surface area contributed by atoms with Crippen molar-refractivity contribution < 1.29 is 39.4 Å². The quantitative estimate of drug-likeness (QED) is 0.0389. The van der Waals surface area contributed by atoms with Gasteiger partial charge in [-0.25, -0.2) is 20.1 Å². The molecule has 0 fully saturated rings. The highest BCUT2D eigenvalue weighted by atomic mass is 16.5. The van der Waals surface area contributed by atoms with Crippen LogP contribution in [0.4, 0.5) is 0 Å². The second kappa shape index (κ2) is 18.1. The minimum absolute atomic E-state index is 0.0751. The molecule has 0 radical (unpaired) electrons. The van der Waals surface area contributed by atoms with E-state index < -0.39 is 48.0 Å².